The number of carbonyl (C=O) groups is 1. The van der Waals surface area contributed by atoms with E-state index in [0.717, 1.165) is 0 Å². The molecule has 0 saturated heterocycles. The van der Waals surface area contributed by atoms with Crippen LogP contribution in [0.25, 0.3) is 0 Å². The molecule has 1 amide bonds. The average Bonchev–Trinajstić information content (AvgIpc) is 2.49. The molecule has 21 heavy (non-hydrogen) atoms. The zero-order chi connectivity index (χ0) is 15.4. The Labute approximate surface area is 132 Å². The molecule has 110 valence electrons. The molecule has 1 aromatic carbocycles. The van der Waals surface area contributed by atoms with Gasteiger partial charge in [-0.1, -0.05) is 23.2 Å². The lowest BCUT2D eigenvalue weighted by Crippen LogP contribution is -2.15. The minimum Gasteiger partial charge on any atom is -0.497 e. The summed E-state index contributed by atoms with van der Waals surface area (Å²) in [6, 6.07) is 8.23. The zero-order valence-electron chi connectivity index (χ0n) is 11.4. The highest BCUT2D eigenvalue weighted by atomic mass is 35.5. The fraction of sp³-hybridized carbons (Fsp3) is 0.143. The zero-order valence-corrected chi connectivity index (χ0v) is 12.9. The summed E-state index contributed by atoms with van der Waals surface area (Å²) < 4.78 is 5.10. The number of carbonyl (C=O) groups excluding carboxylic acids is 1. The molecule has 0 bridgehead atoms. The standard InChI is InChI=1S/C14H13Cl2N3O2/c1-17-12-6-5-10(16)13(19-12)14(20)18-11-7-8(21-2)3-4-9(11)15/h3-7H,1-2H3,(H,17,19)(H,18,20). The van der Waals surface area contributed by atoms with Gasteiger partial charge >= 0.3 is 0 Å². The second-order valence-electron chi connectivity index (χ2n) is 4.08. The smallest absolute Gasteiger partial charge is 0.275 e. The fourth-order valence-electron chi connectivity index (χ4n) is 1.65. The van der Waals surface area contributed by atoms with Crippen molar-refractivity contribution < 1.29 is 9.53 Å². The predicted octanol–water partition coefficient (Wildman–Crippen LogP) is 3.69. The first-order valence-corrected chi connectivity index (χ1v) is 6.80. The summed E-state index contributed by atoms with van der Waals surface area (Å²) in [5, 5.41) is 6.16. The lowest BCUT2D eigenvalue weighted by Gasteiger charge is -2.10. The fourth-order valence-corrected chi connectivity index (χ4v) is 2.01. The van der Waals surface area contributed by atoms with Gasteiger partial charge in [0.2, 0.25) is 0 Å². The summed E-state index contributed by atoms with van der Waals surface area (Å²) in [5.74, 6) is 0.672. The second-order valence-corrected chi connectivity index (χ2v) is 4.89. The molecule has 0 spiro atoms. The second kappa shape index (κ2) is 6.65. The quantitative estimate of drug-likeness (QED) is 0.899. The van der Waals surface area contributed by atoms with Gasteiger partial charge in [-0.2, -0.15) is 0 Å². The Balaban J connectivity index is 2.29. The highest BCUT2D eigenvalue weighted by Gasteiger charge is 2.15. The third-order valence-electron chi connectivity index (χ3n) is 2.74. The number of nitrogens with zero attached hydrogens (tertiary/aromatic N) is 1. The molecular formula is C14H13Cl2N3O2. The summed E-state index contributed by atoms with van der Waals surface area (Å²) in [7, 11) is 3.24. The maximum atomic E-state index is 12.3. The van der Waals surface area contributed by atoms with Gasteiger partial charge in [0.1, 0.15) is 17.3 Å². The van der Waals surface area contributed by atoms with Crippen molar-refractivity contribution in [1.82, 2.24) is 4.98 Å². The lowest BCUT2D eigenvalue weighted by molar-refractivity contribution is 0.102. The molecule has 2 aromatic rings. The van der Waals surface area contributed by atoms with Crippen LogP contribution < -0.4 is 15.4 Å². The Bertz CT molecular complexity index is 677. The normalized spacial score (nSPS) is 10.1. The number of amides is 1. The van der Waals surface area contributed by atoms with Crippen LogP contribution in [0.5, 0.6) is 5.75 Å². The molecule has 2 rings (SSSR count). The van der Waals surface area contributed by atoms with Crippen molar-refractivity contribution in [1.29, 1.82) is 0 Å². The van der Waals surface area contributed by atoms with E-state index in [1.165, 1.54) is 7.11 Å². The van der Waals surface area contributed by atoms with Crippen LogP contribution in [0.1, 0.15) is 10.5 Å². The van der Waals surface area contributed by atoms with Crippen molar-refractivity contribution in [2.24, 2.45) is 0 Å². The van der Waals surface area contributed by atoms with Gasteiger partial charge in [0.15, 0.2) is 0 Å². The van der Waals surface area contributed by atoms with Gasteiger partial charge in [0.25, 0.3) is 5.91 Å². The van der Waals surface area contributed by atoms with Crippen molar-refractivity contribution in [2.45, 2.75) is 0 Å². The Morgan fingerprint density at radius 1 is 1.19 bits per heavy atom. The Morgan fingerprint density at radius 2 is 1.90 bits per heavy atom. The number of anilines is 2. The number of ether oxygens (including phenoxy) is 1. The molecule has 0 fully saturated rings. The van der Waals surface area contributed by atoms with E-state index in [-0.39, 0.29) is 10.7 Å². The molecule has 0 atom stereocenters. The Kier molecular flexibility index (Phi) is 4.88. The van der Waals surface area contributed by atoms with Crippen molar-refractivity contribution in [3.63, 3.8) is 0 Å². The molecule has 1 aromatic heterocycles. The number of nitrogens with one attached hydrogen (secondary N) is 2. The van der Waals surface area contributed by atoms with E-state index in [2.05, 4.69) is 15.6 Å². The molecule has 2 N–H and O–H groups in total. The van der Waals surface area contributed by atoms with Crippen LogP contribution in [0.15, 0.2) is 30.3 Å². The van der Waals surface area contributed by atoms with Crippen LogP contribution in [-0.4, -0.2) is 25.0 Å². The Morgan fingerprint density at radius 3 is 2.57 bits per heavy atom. The van der Waals surface area contributed by atoms with Gasteiger partial charge in [0, 0.05) is 13.1 Å². The van der Waals surface area contributed by atoms with Crippen LogP contribution >= 0.6 is 23.2 Å². The minimum atomic E-state index is -0.452. The number of aromatic nitrogens is 1. The summed E-state index contributed by atoms with van der Waals surface area (Å²) in [4.78, 5) is 16.4. The van der Waals surface area contributed by atoms with Gasteiger partial charge in [-0.25, -0.2) is 4.98 Å². The summed E-state index contributed by atoms with van der Waals surface area (Å²) in [5.41, 5.74) is 0.538. The molecule has 0 aliphatic rings. The van der Waals surface area contributed by atoms with E-state index in [0.29, 0.717) is 22.3 Å². The average molecular weight is 326 g/mol. The minimum absolute atomic E-state index is 0.113. The van der Waals surface area contributed by atoms with Gasteiger partial charge in [-0.3, -0.25) is 4.79 Å². The van der Waals surface area contributed by atoms with Crippen LogP contribution in [-0.2, 0) is 0 Å². The highest BCUT2D eigenvalue weighted by molar-refractivity contribution is 6.35. The third kappa shape index (κ3) is 3.56. The number of rotatable bonds is 4. The molecular weight excluding hydrogens is 313 g/mol. The first-order chi connectivity index (χ1) is 10.0. The third-order valence-corrected chi connectivity index (χ3v) is 3.37. The van der Waals surface area contributed by atoms with Crippen molar-refractivity contribution in [3.8, 4) is 5.75 Å². The maximum absolute atomic E-state index is 12.3. The van der Waals surface area contributed by atoms with E-state index in [1.54, 1.807) is 37.4 Å². The highest BCUT2D eigenvalue weighted by Crippen LogP contribution is 2.27. The summed E-state index contributed by atoms with van der Waals surface area (Å²) >= 11 is 12.1. The van der Waals surface area contributed by atoms with Crippen LogP contribution in [0.2, 0.25) is 10.0 Å². The van der Waals surface area contributed by atoms with Gasteiger partial charge in [0.05, 0.1) is 22.8 Å². The van der Waals surface area contributed by atoms with Crippen molar-refractivity contribution in [3.05, 3.63) is 46.1 Å². The molecule has 0 aliphatic carbocycles. The van der Waals surface area contributed by atoms with E-state index < -0.39 is 5.91 Å². The first-order valence-electron chi connectivity index (χ1n) is 6.04. The van der Waals surface area contributed by atoms with Gasteiger partial charge in [-0.05, 0) is 24.3 Å². The number of methoxy groups -OCH3 is 1. The molecule has 0 radical (unpaired) electrons. The molecule has 5 nitrogen and oxygen atoms in total. The number of pyridine rings is 1. The topological polar surface area (TPSA) is 63.2 Å². The van der Waals surface area contributed by atoms with Crippen LogP contribution in [0, 0.1) is 0 Å². The number of benzene rings is 1. The van der Waals surface area contributed by atoms with E-state index in [9.17, 15) is 4.79 Å². The lowest BCUT2D eigenvalue weighted by atomic mass is 10.2. The van der Waals surface area contributed by atoms with E-state index in [4.69, 9.17) is 27.9 Å². The maximum Gasteiger partial charge on any atom is 0.275 e. The molecule has 0 unspecified atom stereocenters. The first kappa shape index (κ1) is 15.4. The summed E-state index contributed by atoms with van der Waals surface area (Å²) in [6.07, 6.45) is 0. The number of hydrogen-bond donors (Lipinski definition) is 2. The Hall–Kier alpha value is -1.98. The van der Waals surface area contributed by atoms with Crippen molar-refractivity contribution in [2.75, 3.05) is 24.8 Å². The van der Waals surface area contributed by atoms with Crippen molar-refractivity contribution >= 4 is 40.6 Å². The van der Waals surface area contributed by atoms with E-state index >= 15 is 0 Å². The number of hydrogen-bond acceptors (Lipinski definition) is 4. The molecule has 1 heterocycles. The van der Waals surface area contributed by atoms with Gasteiger partial charge in [-0.15, -0.1) is 0 Å². The SMILES string of the molecule is CNc1ccc(Cl)c(C(=O)Nc2cc(OC)ccc2Cl)n1. The molecule has 0 saturated carbocycles. The number of halogens is 2. The van der Waals surface area contributed by atoms with Crippen LogP contribution in [0.3, 0.4) is 0 Å². The van der Waals surface area contributed by atoms with Crippen LogP contribution in [0.4, 0.5) is 11.5 Å². The largest absolute Gasteiger partial charge is 0.497 e. The monoisotopic (exact) mass is 325 g/mol. The predicted molar refractivity (Wildman–Crippen MR) is 84.8 cm³/mol. The van der Waals surface area contributed by atoms with E-state index in [1.807, 2.05) is 0 Å². The van der Waals surface area contributed by atoms with Gasteiger partial charge < -0.3 is 15.4 Å². The molecule has 7 heteroatoms. The summed E-state index contributed by atoms with van der Waals surface area (Å²) in [6.45, 7) is 0. The molecule has 0 aliphatic heterocycles.